The van der Waals surface area contributed by atoms with E-state index < -0.39 is 0 Å². The second-order valence-corrected chi connectivity index (χ2v) is 9.74. The largest absolute Gasteiger partial charge is 0.334 e. The Kier molecular flexibility index (Phi) is 5.07. The molecule has 0 spiro atoms. The number of amides is 2. The van der Waals surface area contributed by atoms with Gasteiger partial charge in [0.25, 0.3) is 11.8 Å². The van der Waals surface area contributed by atoms with Crippen LogP contribution in [-0.2, 0) is 6.54 Å². The highest BCUT2D eigenvalue weighted by Gasteiger charge is 2.45. The summed E-state index contributed by atoms with van der Waals surface area (Å²) in [6.07, 6.45) is 3.79. The molecule has 2 aromatic carbocycles. The van der Waals surface area contributed by atoms with Crippen LogP contribution in [0.1, 0.15) is 77.3 Å². The van der Waals surface area contributed by atoms with Crippen LogP contribution in [0, 0.1) is 11.7 Å². The average molecular weight is 421 g/mol. The fourth-order valence-corrected chi connectivity index (χ4v) is 5.84. The predicted octanol–water partition coefficient (Wildman–Crippen LogP) is 4.99. The van der Waals surface area contributed by atoms with E-state index in [0.29, 0.717) is 36.1 Å². The lowest BCUT2D eigenvalue weighted by molar-refractivity contribution is 0.0565. The van der Waals surface area contributed by atoms with Crippen molar-refractivity contribution in [3.8, 4) is 0 Å². The number of fused-ring (bicyclic) bond motifs is 3. The molecule has 5 heteroatoms. The Labute approximate surface area is 183 Å². The van der Waals surface area contributed by atoms with Crippen molar-refractivity contribution in [3.05, 3.63) is 70.5 Å². The van der Waals surface area contributed by atoms with Crippen LogP contribution in [0.2, 0.25) is 0 Å². The van der Waals surface area contributed by atoms with Crippen molar-refractivity contribution in [1.82, 2.24) is 9.80 Å². The standard InChI is InChI=1S/C26H29FN2O2/c1-16(2)14-28-15-18-4-3-5-23(24(18)26(28)31)25(30)29-21-10-11-22(29)13-19(12-21)17-6-8-20(27)9-7-17/h3-9,16,19,21-22H,10-15H2,1-2H3. The van der Waals surface area contributed by atoms with Crippen molar-refractivity contribution in [2.45, 2.75) is 64.1 Å². The maximum Gasteiger partial charge on any atom is 0.255 e. The van der Waals surface area contributed by atoms with Gasteiger partial charge in [0.1, 0.15) is 5.82 Å². The van der Waals surface area contributed by atoms with Gasteiger partial charge in [-0.25, -0.2) is 4.39 Å². The van der Waals surface area contributed by atoms with Gasteiger partial charge in [-0.2, -0.15) is 0 Å². The Morgan fingerprint density at radius 2 is 1.74 bits per heavy atom. The maximum atomic E-state index is 13.7. The summed E-state index contributed by atoms with van der Waals surface area (Å²) in [5, 5.41) is 0. The SMILES string of the molecule is CC(C)CN1Cc2cccc(C(=O)N3C4CCC3CC(c3ccc(F)cc3)C4)c2C1=O. The molecule has 2 amide bonds. The van der Waals surface area contributed by atoms with Crippen molar-refractivity contribution in [2.24, 2.45) is 5.92 Å². The first-order chi connectivity index (χ1) is 14.9. The maximum absolute atomic E-state index is 13.7. The molecule has 2 saturated heterocycles. The number of halogens is 1. The van der Waals surface area contributed by atoms with Gasteiger partial charge in [-0.15, -0.1) is 0 Å². The van der Waals surface area contributed by atoms with Crippen LogP contribution in [0.3, 0.4) is 0 Å². The quantitative estimate of drug-likeness (QED) is 0.699. The number of hydrogen-bond donors (Lipinski definition) is 0. The van der Waals surface area contributed by atoms with Gasteiger partial charge in [0.15, 0.2) is 0 Å². The van der Waals surface area contributed by atoms with Crippen LogP contribution in [0.25, 0.3) is 0 Å². The lowest BCUT2D eigenvalue weighted by atomic mass is 9.84. The minimum absolute atomic E-state index is 0.00153. The van der Waals surface area contributed by atoms with E-state index >= 15 is 0 Å². The molecule has 0 saturated carbocycles. The molecule has 162 valence electrons. The topological polar surface area (TPSA) is 40.6 Å². The molecular weight excluding hydrogens is 391 g/mol. The van der Waals surface area contributed by atoms with E-state index in [2.05, 4.69) is 13.8 Å². The molecule has 2 bridgehead atoms. The normalized spacial score (nSPS) is 24.8. The minimum atomic E-state index is -0.214. The number of benzene rings is 2. The molecule has 2 aromatic rings. The van der Waals surface area contributed by atoms with Gasteiger partial charge in [0, 0.05) is 25.2 Å². The zero-order chi connectivity index (χ0) is 21.7. The van der Waals surface area contributed by atoms with Gasteiger partial charge >= 0.3 is 0 Å². The van der Waals surface area contributed by atoms with Crippen molar-refractivity contribution in [1.29, 1.82) is 0 Å². The Hall–Kier alpha value is -2.69. The zero-order valence-corrected chi connectivity index (χ0v) is 18.2. The Morgan fingerprint density at radius 1 is 1.06 bits per heavy atom. The van der Waals surface area contributed by atoms with Gasteiger partial charge in [-0.1, -0.05) is 38.1 Å². The third-order valence-electron chi connectivity index (χ3n) is 7.14. The molecule has 2 fully saturated rings. The van der Waals surface area contributed by atoms with Gasteiger partial charge in [0.05, 0.1) is 11.1 Å². The van der Waals surface area contributed by atoms with Crippen LogP contribution in [0.15, 0.2) is 42.5 Å². The van der Waals surface area contributed by atoms with Crippen molar-refractivity contribution < 1.29 is 14.0 Å². The summed E-state index contributed by atoms with van der Waals surface area (Å²) in [5.41, 5.74) is 3.29. The van der Waals surface area contributed by atoms with E-state index in [1.165, 1.54) is 12.1 Å². The first-order valence-corrected chi connectivity index (χ1v) is 11.4. The summed E-state index contributed by atoms with van der Waals surface area (Å²) < 4.78 is 13.3. The number of carbonyl (C=O) groups excluding carboxylic acids is 2. The molecule has 2 atom stereocenters. The molecule has 3 aliphatic heterocycles. The lowest BCUT2D eigenvalue weighted by Crippen LogP contribution is -2.46. The highest BCUT2D eigenvalue weighted by Crippen LogP contribution is 2.44. The molecule has 0 aromatic heterocycles. The third-order valence-corrected chi connectivity index (χ3v) is 7.14. The van der Waals surface area contributed by atoms with Crippen molar-refractivity contribution in [3.63, 3.8) is 0 Å². The van der Waals surface area contributed by atoms with Gasteiger partial charge in [0.2, 0.25) is 0 Å². The summed E-state index contributed by atoms with van der Waals surface area (Å²) in [5.74, 6) is 0.516. The predicted molar refractivity (Wildman–Crippen MR) is 117 cm³/mol. The lowest BCUT2D eigenvalue weighted by Gasteiger charge is -2.39. The summed E-state index contributed by atoms with van der Waals surface area (Å²) in [7, 11) is 0. The average Bonchev–Trinajstić information content (AvgIpc) is 3.20. The van der Waals surface area contributed by atoms with Gasteiger partial charge < -0.3 is 9.80 Å². The Bertz CT molecular complexity index is 1000. The molecule has 2 unspecified atom stereocenters. The molecule has 3 aliphatic rings. The second-order valence-electron chi connectivity index (χ2n) is 9.74. The monoisotopic (exact) mass is 420 g/mol. The van der Waals surface area contributed by atoms with Crippen molar-refractivity contribution >= 4 is 11.8 Å². The van der Waals surface area contributed by atoms with E-state index in [-0.39, 0.29) is 29.7 Å². The Morgan fingerprint density at radius 3 is 2.39 bits per heavy atom. The van der Waals surface area contributed by atoms with Gasteiger partial charge in [-0.05, 0) is 66.8 Å². The van der Waals surface area contributed by atoms with Crippen LogP contribution in [0.5, 0.6) is 0 Å². The fourth-order valence-electron chi connectivity index (χ4n) is 5.84. The van der Waals surface area contributed by atoms with E-state index in [1.807, 2.05) is 40.1 Å². The molecule has 4 nitrogen and oxygen atoms in total. The zero-order valence-electron chi connectivity index (χ0n) is 18.2. The van der Waals surface area contributed by atoms with Crippen LogP contribution >= 0.6 is 0 Å². The summed E-state index contributed by atoms with van der Waals surface area (Å²) in [4.78, 5) is 30.7. The number of carbonyl (C=O) groups is 2. The molecule has 3 heterocycles. The van der Waals surface area contributed by atoms with Crippen LogP contribution in [-0.4, -0.2) is 40.2 Å². The third kappa shape index (κ3) is 3.54. The molecular formula is C26H29FN2O2. The molecule has 0 radical (unpaired) electrons. The summed E-state index contributed by atoms with van der Waals surface area (Å²) in [6, 6.07) is 12.9. The summed E-state index contributed by atoms with van der Waals surface area (Å²) in [6.45, 7) is 5.50. The molecule has 5 rings (SSSR count). The molecule has 31 heavy (non-hydrogen) atoms. The number of rotatable bonds is 4. The highest BCUT2D eigenvalue weighted by molar-refractivity contribution is 6.09. The number of hydrogen-bond acceptors (Lipinski definition) is 2. The second kappa shape index (κ2) is 7.77. The number of piperidine rings is 1. The first kappa shape index (κ1) is 20.2. The highest BCUT2D eigenvalue weighted by atomic mass is 19.1. The van der Waals surface area contributed by atoms with E-state index in [4.69, 9.17) is 0 Å². The van der Waals surface area contributed by atoms with Crippen molar-refractivity contribution in [2.75, 3.05) is 6.54 Å². The van der Waals surface area contributed by atoms with Gasteiger partial charge in [-0.3, -0.25) is 9.59 Å². The summed E-state index contributed by atoms with van der Waals surface area (Å²) >= 11 is 0. The van der Waals surface area contributed by atoms with Crippen LogP contribution in [0.4, 0.5) is 4.39 Å². The number of nitrogens with zero attached hydrogens (tertiary/aromatic N) is 2. The molecule has 0 N–H and O–H groups in total. The van der Waals surface area contributed by atoms with E-state index in [9.17, 15) is 14.0 Å². The smallest absolute Gasteiger partial charge is 0.255 e. The Balaban J connectivity index is 1.39. The van der Waals surface area contributed by atoms with Crippen LogP contribution < -0.4 is 0 Å². The first-order valence-electron chi connectivity index (χ1n) is 11.4. The fraction of sp³-hybridized carbons (Fsp3) is 0.462. The van der Waals surface area contributed by atoms with E-state index in [0.717, 1.165) is 36.8 Å². The molecule has 0 aliphatic carbocycles. The van der Waals surface area contributed by atoms with E-state index in [1.54, 1.807) is 0 Å². The minimum Gasteiger partial charge on any atom is -0.334 e.